The Hall–Kier alpha value is -2.05. The van der Waals surface area contributed by atoms with Crippen LogP contribution in [-0.2, 0) is 16.0 Å². The van der Waals surface area contributed by atoms with Gasteiger partial charge in [-0.3, -0.25) is 9.59 Å². The van der Waals surface area contributed by atoms with Crippen molar-refractivity contribution >= 4 is 34.8 Å². The number of thiophene rings is 1. The van der Waals surface area contributed by atoms with Gasteiger partial charge in [-0.15, -0.1) is 11.3 Å². The first-order chi connectivity index (χ1) is 11.0. The SMILES string of the molecule is COc1ccc(Cl)cc1CC(=O)NC(CC(=O)O)c1cccs1. The van der Waals surface area contributed by atoms with Crippen molar-refractivity contribution in [1.82, 2.24) is 5.32 Å². The minimum Gasteiger partial charge on any atom is -0.496 e. The van der Waals surface area contributed by atoms with E-state index in [1.54, 1.807) is 24.3 Å². The van der Waals surface area contributed by atoms with Gasteiger partial charge in [0.15, 0.2) is 0 Å². The maximum atomic E-state index is 12.3. The van der Waals surface area contributed by atoms with Crippen LogP contribution in [0.1, 0.15) is 22.9 Å². The van der Waals surface area contributed by atoms with Gasteiger partial charge in [-0.1, -0.05) is 17.7 Å². The molecule has 1 aromatic heterocycles. The zero-order valence-electron chi connectivity index (χ0n) is 12.4. The van der Waals surface area contributed by atoms with E-state index in [2.05, 4.69) is 5.32 Å². The van der Waals surface area contributed by atoms with Crippen LogP contribution < -0.4 is 10.1 Å². The van der Waals surface area contributed by atoms with Crippen LogP contribution in [-0.4, -0.2) is 24.1 Å². The Morgan fingerprint density at radius 1 is 1.39 bits per heavy atom. The lowest BCUT2D eigenvalue weighted by Crippen LogP contribution is -2.31. The lowest BCUT2D eigenvalue weighted by molar-refractivity contribution is -0.137. The third-order valence-electron chi connectivity index (χ3n) is 3.19. The Labute approximate surface area is 142 Å². The monoisotopic (exact) mass is 353 g/mol. The van der Waals surface area contributed by atoms with E-state index in [0.29, 0.717) is 16.3 Å². The summed E-state index contributed by atoms with van der Waals surface area (Å²) in [7, 11) is 1.52. The molecular weight excluding hydrogens is 338 g/mol. The number of methoxy groups -OCH3 is 1. The molecule has 23 heavy (non-hydrogen) atoms. The number of hydrogen-bond donors (Lipinski definition) is 2. The van der Waals surface area contributed by atoms with Crippen molar-refractivity contribution in [3.8, 4) is 5.75 Å². The lowest BCUT2D eigenvalue weighted by Gasteiger charge is -2.16. The molecule has 7 heteroatoms. The number of nitrogens with one attached hydrogen (secondary N) is 1. The average molecular weight is 354 g/mol. The van der Waals surface area contributed by atoms with Gasteiger partial charge in [0, 0.05) is 15.5 Å². The molecule has 1 atom stereocenters. The summed E-state index contributed by atoms with van der Waals surface area (Å²) in [4.78, 5) is 24.1. The number of carbonyl (C=O) groups excluding carboxylic acids is 1. The van der Waals surface area contributed by atoms with Gasteiger partial charge in [0.1, 0.15) is 5.75 Å². The van der Waals surface area contributed by atoms with E-state index in [0.717, 1.165) is 4.88 Å². The van der Waals surface area contributed by atoms with Gasteiger partial charge in [0.05, 0.1) is 26.0 Å². The van der Waals surface area contributed by atoms with Crippen molar-refractivity contribution in [2.45, 2.75) is 18.9 Å². The van der Waals surface area contributed by atoms with Crippen LogP contribution in [0.3, 0.4) is 0 Å². The molecule has 0 aliphatic carbocycles. The van der Waals surface area contributed by atoms with Crippen LogP contribution in [0.15, 0.2) is 35.7 Å². The van der Waals surface area contributed by atoms with Crippen molar-refractivity contribution in [2.75, 3.05) is 7.11 Å². The number of carbonyl (C=O) groups is 2. The maximum absolute atomic E-state index is 12.3. The smallest absolute Gasteiger partial charge is 0.305 e. The first-order valence-electron chi connectivity index (χ1n) is 6.86. The highest BCUT2D eigenvalue weighted by atomic mass is 35.5. The predicted molar refractivity (Wildman–Crippen MR) is 89.2 cm³/mol. The highest BCUT2D eigenvalue weighted by Gasteiger charge is 2.20. The summed E-state index contributed by atoms with van der Waals surface area (Å²) in [5, 5.41) is 14.1. The number of rotatable bonds is 7. The summed E-state index contributed by atoms with van der Waals surface area (Å²) in [6.45, 7) is 0. The second-order valence-electron chi connectivity index (χ2n) is 4.87. The Morgan fingerprint density at radius 2 is 2.17 bits per heavy atom. The minimum atomic E-state index is -0.968. The molecule has 122 valence electrons. The molecule has 0 saturated carbocycles. The van der Waals surface area contributed by atoms with Crippen molar-refractivity contribution in [1.29, 1.82) is 0 Å². The molecule has 0 radical (unpaired) electrons. The zero-order chi connectivity index (χ0) is 16.8. The van der Waals surface area contributed by atoms with E-state index < -0.39 is 12.0 Å². The molecular formula is C16H16ClNO4S. The van der Waals surface area contributed by atoms with Gasteiger partial charge < -0.3 is 15.2 Å². The zero-order valence-corrected chi connectivity index (χ0v) is 14.0. The van der Waals surface area contributed by atoms with Crippen LogP contribution >= 0.6 is 22.9 Å². The van der Waals surface area contributed by atoms with E-state index >= 15 is 0 Å². The van der Waals surface area contributed by atoms with E-state index in [4.69, 9.17) is 21.4 Å². The number of amides is 1. The molecule has 1 aromatic carbocycles. The molecule has 2 rings (SSSR count). The van der Waals surface area contributed by atoms with Crippen LogP contribution in [0.25, 0.3) is 0 Å². The normalized spacial score (nSPS) is 11.7. The molecule has 2 aromatic rings. The van der Waals surface area contributed by atoms with Gasteiger partial charge in [-0.05, 0) is 29.6 Å². The van der Waals surface area contributed by atoms with Crippen molar-refractivity contribution in [3.05, 3.63) is 51.2 Å². The maximum Gasteiger partial charge on any atom is 0.305 e. The lowest BCUT2D eigenvalue weighted by atomic mass is 10.1. The number of aliphatic carboxylic acids is 1. The Balaban J connectivity index is 2.10. The predicted octanol–water partition coefficient (Wildman–Crippen LogP) is 3.28. The average Bonchev–Trinajstić information content (AvgIpc) is 3.00. The topological polar surface area (TPSA) is 75.6 Å². The summed E-state index contributed by atoms with van der Waals surface area (Å²) in [6, 6.07) is 8.11. The van der Waals surface area contributed by atoms with Crippen LogP contribution in [0.5, 0.6) is 5.75 Å². The Kier molecular flexibility index (Phi) is 6.01. The third-order valence-corrected chi connectivity index (χ3v) is 4.42. The van der Waals surface area contributed by atoms with Crippen molar-refractivity contribution < 1.29 is 19.4 Å². The number of ether oxygens (including phenoxy) is 1. The molecule has 0 spiro atoms. The fourth-order valence-electron chi connectivity index (χ4n) is 2.19. The Bertz CT molecular complexity index is 687. The summed E-state index contributed by atoms with van der Waals surface area (Å²) >= 11 is 7.36. The van der Waals surface area contributed by atoms with Crippen LogP contribution in [0.4, 0.5) is 0 Å². The summed E-state index contributed by atoms with van der Waals surface area (Å²) in [5.41, 5.74) is 0.651. The number of hydrogen-bond acceptors (Lipinski definition) is 4. The van der Waals surface area contributed by atoms with Gasteiger partial charge in [-0.25, -0.2) is 0 Å². The quantitative estimate of drug-likeness (QED) is 0.801. The van der Waals surface area contributed by atoms with E-state index in [9.17, 15) is 9.59 Å². The largest absolute Gasteiger partial charge is 0.496 e. The number of halogens is 1. The molecule has 0 fully saturated rings. The first-order valence-corrected chi connectivity index (χ1v) is 8.12. The molecule has 0 saturated heterocycles. The fraction of sp³-hybridized carbons (Fsp3) is 0.250. The molecule has 1 amide bonds. The summed E-state index contributed by atoms with van der Waals surface area (Å²) < 4.78 is 5.21. The van der Waals surface area contributed by atoms with Gasteiger partial charge >= 0.3 is 5.97 Å². The minimum absolute atomic E-state index is 0.0607. The molecule has 0 bridgehead atoms. The molecule has 1 unspecified atom stereocenters. The van der Waals surface area contributed by atoms with Crippen LogP contribution in [0, 0.1) is 0 Å². The van der Waals surface area contributed by atoms with Gasteiger partial charge in [-0.2, -0.15) is 0 Å². The molecule has 5 nitrogen and oxygen atoms in total. The van der Waals surface area contributed by atoms with E-state index in [-0.39, 0.29) is 18.7 Å². The number of carboxylic acids is 1. The first kappa shape index (κ1) is 17.3. The fourth-order valence-corrected chi connectivity index (χ4v) is 3.16. The molecule has 2 N–H and O–H groups in total. The second kappa shape index (κ2) is 7.99. The third kappa shape index (κ3) is 4.97. The summed E-state index contributed by atoms with van der Waals surface area (Å²) in [5.74, 6) is -0.690. The van der Waals surface area contributed by atoms with Gasteiger partial charge in [0.25, 0.3) is 0 Å². The standard InChI is InChI=1S/C16H16ClNO4S/c1-22-13-5-4-11(17)7-10(13)8-15(19)18-12(9-16(20)21)14-3-2-6-23-14/h2-7,12H,8-9H2,1H3,(H,18,19)(H,20,21). The van der Waals surface area contributed by atoms with E-state index in [1.807, 2.05) is 11.4 Å². The Morgan fingerprint density at radius 3 is 2.78 bits per heavy atom. The van der Waals surface area contributed by atoms with Gasteiger partial charge in [0.2, 0.25) is 5.91 Å². The highest BCUT2D eigenvalue weighted by molar-refractivity contribution is 7.10. The number of benzene rings is 1. The van der Waals surface area contributed by atoms with Crippen molar-refractivity contribution in [3.63, 3.8) is 0 Å². The molecule has 0 aliphatic rings. The van der Waals surface area contributed by atoms with E-state index in [1.165, 1.54) is 18.4 Å². The molecule has 0 aliphatic heterocycles. The number of carboxylic acid groups (broad SMARTS) is 1. The van der Waals surface area contributed by atoms with Crippen LogP contribution in [0.2, 0.25) is 5.02 Å². The highest BCUT2D eigenvalue weighted by Crippen LogP contribution is 2.25. The summed E-state index contributed by atoms with van der Waals surface area (Å²) in [6.07, 6.45) is -0.107. The van der Waals surface area contributed by atoms with Crippen molar-refractivity contribution in [2.24, 2.45) is 0 Å². The molecule has 1 heterocycles. The second-order valence-corrected chi connectivity index (χ2v) is 6.28.